The maximum atomic E-state index is 11.7. The van der Waals surface area contributed by atoms with Gasteiger partial charge in [-0.2, -0.15) is 0 Å². The zero-order valence-corrected chi connectivity index (χ0v) is 22.0. The van der Waals surface area contributed by atoms with E-state index in [0.717, 1.165) is 70.9 Å². The number of likely N-dealkylation sites (N-methyl/N-ethyl adjacent to an activating group) is 1. The SMILES string of the molecule is C=C(N)/N=C(\C=C(/C)N1CCN(C)CC1)N1Cc2cc(C3CCN(C(C)=O)CC3)ccc2CC1C. The molecule has 0 aromatic heterocycles. The van der Waals surface area contributed by atoms with E-state index in [1.54, 1.807) is 6.92 Å². The Bertz CT molecular complexity index is 999. The molecule has 0 bridgehead atoms. The third-order valence-electron chi connectivity index (χ3n) is 7.92. The van der Waals surface area contributed by atoms with Crippen molar-refractivity contribution in [3.63, 3.8) is 0 Å². The van der Waals surface area contributed by atoms with Gasteiger partial charge in [0, 0.05) is 64.5 Å². The Morgan fingerprint density at radius 2 is 1.74 bits per heavy atom. The molecule has 0 spiro atoms. The van der Waals surface area contributed by atoms with Crippen LogP contribution in [0.4, 0.5) is 0 Å². The Morgan fingerprint density at radius 3 is 2.37 bits per heavy atom. The number of benzene rings is 1. The monoisotopic (exact) mass is 478 g/mol. The first-order valence-electron chi connectivity index (χ1n) is 13.0. The number of nitrogens with two attached hydrogens (primary N) is 1. The fourth-order valence-corrected chi connectivity index (χ4v) is 5.61. The topological polar surface area (TPSA) is 68.4 Å². The molecule has 35 heavy (non-hydrogen) atoms. The molecule has 1 atom stereocenters. The van der Waals surface area contributed by atoms with Crippen LogP contribution in [-0.2, 0) is 17.8 Å². The number of hydrogen-bond donors (Lipinski definition) is 1. The number of carbonyl (C=O) groups excluding carboxylic acids is 1. The van der Waals surface area contributed by atoms with Gasteiger partial charge in [-0.1, -0.05) is 24.8 Å². The van der Waals surface area contributed by atoms with Crippen LogP contribution in [0.2, 0.25) is 0 Å². The fraction of sp³-hybridized carbons (Fsp3) is 0.571. The molecule has 190 valence electrons. The second-order valence-corrected chi connectivity index (χ2v) is 10.5. The summed E-state index contributed by atoms with van der Waals surface area (Å²) in [5, 5.41) is 0. The van der Waals surface area contributed by atoms with Crippen LogP contribution < -0.4 is 5.73 Å². The van der Waals surface area contributed by atoms with E-state index >= 15 is 0 Å². The van der Waals surface area contributed by atoms with E-state index < -0.39 is 0 Å². The summed E-state index contributed by atoms with van der Waals surface area (Å²) in [5.41, 5.74) is 11.4. The van der Waals surface area contributed by atoms with Crippen molar-refractivity contribution < 1.29 is 4.79 Å². The van der Waals surface area contributed by atoms with Crippen LogP contribution in [0.5, 0.6) is 0 Å². The van der Waals surface area contributed by atoms with Gasteiger partial charge in [-0.3, -0.25) is 4.79 Å². The zero-order valence-electron chi connectivity index (χ0n) is 22.0. The van der Waals surface area contributed by atoms with Crippen molar-refractivity contribution in [1.82, 2.24) is 19.6 Å². The number of hydrogen-bond acceptors (Lipinski definition) is 5. The molecule has 4 rings (SSSR count). The highest BCUT2D eigenvalue weighted by atomic mass is 16.2. The van der Waals surface area contributed by atoms with Crippen LogP contribution in [0, 0.1) is 0 Å². The summed E-state index contributed by atoms with van der Waals surface area (Å²) in [4.78, 5) is 25.5. The van der Waals surface area contributed by atoms with Crippen molar-refractivity contribution in [3.05, 3.63) is 59.1 Å². The maximum Gasteiger partial charge on any atom is 0.219 e. The number of allylic oxidation sites excluding steroid dienone is 1. The van der Waals surface area contributed by atoms with Crippen molar-refractivity contribution in [2.45, 2.75) is 58.5 Å². The van der Waals surface area contributed by atoms with Crippen molar-refractivity contribution in [1.29, 1.82) is 0 Å². The summed E-state index contributed by atoms with van der Waals surface area (Å²) in [6, 6.07) is 7.35. The number of likely N-dealkylation sites (tertiary alicyclic amines) is 1. The average molecular weight is 479 g/mol. The Kier molecular flexibility index (Phi) is 7.85. The molecule has 0 radical (unpaired) electrons. The van der Waals surface area contributed by atoms with Crippen molar-refractivity contribution in [2.75, 3.05) is 46.3 Å². The molecule has 1 aromatic rings. The molecule has 2 fully saturated rings. The van der Waals surface area contributed by atoms with Gasteiger partial charge in [-0.25, -0.2) is 4.99 Å². The average Bonchev–Trinajstić information content (AvgIpc) is 2.83. The van der Waals surface area contributed by atoms with E-state index in [4.69, 9.17) is 5.73 Å². The Labute approximate surface area is 210 Å². The zero-order chi connectivity index (χ0) is 25.1. The minimum atomic E-state index is 0.187. The molecule has 1 unspecified atom stereocenters. The van der Waals surface area contributed by atoms with Gasteiger partial charge in [0.1, 0.15) is 11.7 Å². The highest BCUT2D eigenvalue weighted by Crippen LogP contribution is 2.32. The van der Waals surface area contributed by atoms with Crippen LogP contribution in [0.15, 0.2) is 47.4 Å². The Hall–Kier alpha value is -2.80. The van der Waals surface area contributed by atoms with E-state index in [1.165, 1.54) is 22.4 Å². The van der Waals surface area contributed by atoms with Crippen LogP contribution in [0.25, 0.3) is 0 Å². The molecule has 3 aliphatic rings. The van der Waals surface area contributed by atoms with Gasteiger partial charge in [-0.05, 0) is 68.8 Å². The van der Waals surface area contributed by atoms with Crippen LogP contribution in [0.1, 0.15) is 56.2 Å². The van der Waals surface area contributed by atoms with E-state index in [2.05, 4.69) is 71.4 Å². The number of fused-ring (bicyclic) bond motifs is 1. The Balaban J connectivity index is 1.54. The normalized spacial score (nSPS) is 22.9. The molecule has 0 saturated carbocycles. The second kappa shape index (κ2) is 10.9. The lowest BCUT2D eigenvalue weighted by Crippen LogP contribution is -2.45. The van der Waals surface area contributed by atoms with Gasteiger partial charge in [0.05, 0.1) is 0 Å². The third kappa shape index (κ3) is 6.07. The molecule has 2 N–H and O–H groups in total. The number of amidine groups is 1. The van der Waals surface area contributed by atoms with Crippen LogP contribution in [0.3, 0.4) is 0 Å². The van der Waals surface area contributed by atoms with Gasteiger partial charge < -0.3 is 25.3 Å². The molecular formula is C28H42N6O. The number of rotatable bonds is 4. The second-order valence-electron chi connectivity index (χ2n) is 10.5. The molecule has 1 amide bonds. The van der Waals surface area contributed by atoms with Gasteiger partial charge in [-0.15, -0.1) is 0 Å². The van der Waals surface area contributed by atoms with Crippen molar-refractivity contribution in [3.8, 4) is 0 Å². The number of piperidine rings is 1. The summed E-state index contributed by atoms with van der Waals surface area (Å²) in [6.07, 6.45) is 5.23. The minimum Gasteiger partial charge on any atom is -0.384 e. The quantitative estimate of drug-likeness (QED) is 0.532. The molecule has 7 heteroatoms. The molecule has 0 aliphatic carbocycles. The number of nitrogens with zero attached hydrogens (tertiary/aromatic N) is 5. The number of piperazine rings is 1. The number of aliphatic imine (C=N–C) groups is 1. The number of carbonyl (C=O) groups is 1. The highest BCUT2D eigenvalue weighted by molar-refractivity contribution is 5.94. The lowest BCUT2D eigenvalue weighted by molar-refractivity contribution is -0.129. The summed E-state index contributed by atoms with van der Waals surface area (Å²) >= 11 is 0. The molecule has 2 saturated heterocycles. The summed E-state index contributed by atoms with van der Waals surface area (Å²) in [6.45, 7) is 16.7. The van der Waals surface area contributed by atoms with E-state index in [9.17, 15) is 4.79 Å². The largest absolute Gasteiger partial charge is 0.384 e. The first-order chi connectivity index (χ1) is 16.7. The first-order valence-corrected chi connectivity index (χ1v) is 13.0. The highest BCUT2D eigenvalue weighted by Gasteiger charge is 2.28. The number of amides is 1. The molecule has 3 aliphatic heterocycles. The van der Waals surface area contributed by atoms with Gasteiger partial charge in [0.25, 0.3) is 0 Å². The van der Waals surface area contributed by atoms with Crippen molar-refractivity contribution >= 4 is 11.7 Å². The predicted octanol–water partition coefficient (Wildman–Crippen LogP) is 3.14. The first kappa shape index (κ1) is 25.3. The van der Waals surface area contributed by atoms with Crippen LogP contribution >= 0.6 is 0 Å². The summed E-state index contributed by atoms with van der Waals surface area (Å²) in [7, 11) is 2.18. The van der Waals surface area contributed by atoms with Gasteiger partial charge >= 0.3 is 0 Å². The molecular weight excluding hydrogens is 436 g/mol. The predicted molar refractivity (Wildman–Crippen MR) is 143 cm³/mol. The summed E-state index contributed by atoms with van der Waals surface area (Å²) in [5.74, 6) is 1.94. The third-order valence-corrected chi connectivity index (χ3v) is 7.92. The van der Waals surface area contributed by atoms with Crippen LogP contribution in [-0.4, -0.2) is 83.7 Å². The molecule has 7 nitrogen and oxygen atoms in total. The van der Waals surface area contributed by atoms with Gasteiger partial charge in [0.2, 0.25) is 5.91 Å². The van der Waals surface area contributed by atoms with E-state index in [1.807, 2.05) is 4.90 Å². The molecule has 1 aromatic carbocycles. The van der Waals surface area contributed by atoms with E-state index in [-0.39, 0.29) is 5.91 Å². The standard InChI is InChI=1S/C28H42N6O/c1-20(32-14-12-31(5)13-15-32)17-28(30-22(3)29)34-19-27-18-26(7-6-25(27)16-21(34)2)24-8-10-33(11-9-24)23(4)35/h6-7,17-18,21,24H,3,8-16,19,29H2,1-2,4-5H3/b20-17+,30-28+. The maximum absolute atomic E-state index is 11.7. The lowest BCUT2D eigenvalue weighted by Gasteiger charge is -2.38. The lowest BCUT2D eigenvalue weighted by atomic mass is 9.85. The van der Waals surface area contributed by atoms with Gasteiger partial charge in [0.15, 0.2) is 0 Å². The molecule has 3 heterocycles. The minimum absolute atomic E-state index is 0.187. The van der Waals surface area contributed by atoms with Crippen molar-refractivity contribution in [2.24, 2.45) is 10.7 Å². The summed E-state index contributed by atoms with van der Waals surface area (Å²) < 4.78 is 0. The van der Waals surface area contributed by atoms with E-state index in [0.29, 0.717) is 17.8 Å². The Morgan fingerprint density at radius 1 is 1.06 bits per heavy atom. The smallest absolute Gasteiger partial charge is 0.219 e. The fourth-order valence-electron chi connectivity index (χ4n) is 5.61.